The van der Waals surface area contributed by atoms with E-state index in [0.717, 1.165) is 11.5 Å². The molecule has 0 aliphatic rings. The molecular weight excluding hydrogens is 337 g/mol. The van der Waals surface area contributed by atoms with Crippen LogP contribution >= 0.6 is 11.6 Å². The minimum absolute atomic E-state index is 0.0849. The molecule has 0 fully saturated rings. The molecule has 0 unspecified atom stereocenters. The van der Waals surface area contributed by atoms with E-state index in [9.17, 15) is 14.0 Å². The second kappa shape index (κ2) is 6.72. The Kier molecular flexibility index (Phi) is 4.48. The number of hydrogen-bond acceptors (Lipinski definition) is 4. The summed E-state index contributed by atoms with van der Waals surface area (Å²) in [6, 6.07) is 11.7. The Morgan fingerprint density at radius 2 is 1.96 bits per heavy atom. The van der Waals surface area contributed by atoms with Crippen LogP contribution in [0.1, 0.15) is 0 Å². The molecule has 0 bridgehead atoms. The Morgan fingerprint density at radius 1 is 1.17 bits per heavy atom. The Bertz CT molecular complexity index is 970. The molecule has 2 aromatic carbocycles. The Morgan fingerprint density at radius 3 is 2.75 bits per heavy atom. The summed E-state index contributed by atoms with van der Waals surface area (Å²) in [7, 11) is 0. The number of benzene rings is 2. The predicted molar refractivity (Wildman–Crippen MR) is 88.0 cm³/mol. The monoisotopic (exact) mass is 347 g/mol. The van der Waals surface area contributed by atoms with Crippen molar-refractivity contribution in [2.45, 2.75) is 0 Å². The number of amides is 1. The summed E-state index contributed by atoms with van der Waals surface area (Å²) < 4.78 is 23.5. The van der Waals surface area contributed by atoms with Crippen molar-refractivity contribution < 1.29 is 18.3 Å². The minimum Gasteiger partial charge on any atom is -0.484 e. The van der Waals surface area contributed by atoms with E-state index in [4.69, 9.17) is 20.8 Å². The molecule has 1 heterocycles. The fraction of sp³-hybridized carbons (Fsp3) is 0.0588. The molecule has 5 nitrogen and oxygen atoms in total. The maximum Gasteiger partial charge on any atom is 0.336 e. The van der Waals surface area contributed by atoms with E-state index in [2.05, 4.69) is 5.32 Å². The lowest BCUT2D eigenvalue weighted by atomic mass is 10.2. The fourth-order valence-electron chi connectivity index (χ4n) is 2.05. The van der Waals surface area contributed by atoms with Gasteiger partial charge in [0.05, 0.1) is 5.02 Å². The molecule has 24 heavy (non-hydrogen) atoms. The first-order valence-electron chi connectivity index (χ1n) is 6.93. The van der Waals surface area contributed by atoms with E-state index in [1.165, 1.54) is 24.3 Å². The normalized spacial score (nSPS) is 10.6. The summed E-state index contributed by atoms with van der Waals surface area (Å²) in [6.07, 6.45) is 0. The molecule has 1 amide bonds. The highest BCUT2D eigenvalue weighted by atomic mass is 35.5. The van der Waals surface area contributed by atoms with E-state index in [1.807, 2.05) is 0 Å². The topological polar surface area (TPSA) is 68.5 Å². The number of rotatable bonds is 4. The number of nitrogens with one attached hydrogen (secondary N) is 1. The van der Waals surface area contributed by atoms with Gasteiger partial charge in [0.15, 0.2) is 6.61 Å². The number of fused-ring (bicyclic) bond motifs is 1. The third kappa shape index (κ3) is 3.72. The summed E-state index contributed by atoms with van der Waals surface area (Å²) in [4.78, 5) is 23.1. The maximum absolute atomic E-state index is 13.1. The van der Waals surface area contributed by atoms with Gasteiger partial charge in [-0.05, 0) is 36.4 Å². The lowest BCUT2D eigenvalue weighted by Gasteiger charge is -2.08. The van der Waals surface area contributed by atoms with Crippen molar-refractivity contribution in [3.05, 3.63) is 69.8 Å². The number of hydrogen-bond donors (Lipinski definition) is 1. The highest BCUT2D eigenvalue weighted by Gasteiger charge is 2.07. The van der Waals surface area contributed by atoms with Gasteiger partial charge in [-0.15, -0.1) is 0 Å². The van der Waals surface area contributed by atoms with Gasteiger partial charge in [0.25, 0.3) is 5.91 Å². The van der Waals surface area contributed by atoms with Crippen LogP contribution in [0, 0.1) is 5.82 Å². The third-order valence-corrected chi connectivity index (χ3v) is 3.46. The molecule has 0 radical (unpaired) electrons. The van der Waals surface area contributed by atoms with Crippen LogP contribution in [0.2, 0.25) is 5.02 Å². The third-order valence-electron chi connectivity index (χ3n) is 3.17. The zero-order valence-electron chi connectivity index (χ0n) is 12.2. The average molecular weight is 348 g/mol. The van der Waals surface area contributed by atoms with Gasteiger partial charge >= 0.3 is 5.63 Å². The molecule has 0 saturated carbocycles. The average Bonchev–Trinajstić information content (AvgIpc) is 2.56. The van der Waals surface area contributed by atoms with Crippen LogP contribution in [0.5, 0.6) is 5.75 Å². The Balaban J connectivity index is 1.65. The van der Waals surface area contributed by atoms with E-state index in [-0.39, 0.29) is 11.6 Å². The van der Waals surface area contributed by atoms with Crippen molar-refractivity contribution in [3.63, 3.8) is 0 Å². The van der Waals surface area contributed by atoms with Gasteiger partial charge in [-0.1, -0.05) is 11.6 Å². The first-order valence-corrected chi connectivity index (χ1v) is 7.31. The number of carbonyl (C=O) groups excluding carboxylic acids is 1. The first-order chi connectivity index (χ1) is 11.5. The van der Waals surface area contributed by atoms with Crippen LogP contribution in [0.15, 0.2) is 57.7 Å². The molecule has 0 spiro atoms. The van der Waals surface area contributed by atoms with Gasteiger partial charge in [-0.3, -0.25) is 4.79 Å². The maximum atomic E-state index is 13.1. The van der Waals surface area contributed by atoms with Crippen molar-refractivity contribution in [2.24, 2.45) is 0 Å². The lowest BCUT2D eigenvalue weighted by Crippen LogP contribution is -2.20. The summed E-state index contributed by atoms with van der Waals surface area (Å²) in [5, 5.41) is 3.20. The molecule has 7 heteroatoms. The van der Waals surface area contributed by atoms with Crippen molar-refractivity contribution in [3.8, 4) is 5.75 Å². The van der Waals surface area contributed by atoms with Crippen LogP contribution < -0.4 is 15.7 Å². The van der Waals surface area contributed by atoms with Crippen LogP contribution in [0.25, 0.3) is 11.0 Å². The van der Waals surface area contributed by atoms with E-state index < -0.39 is 17.3 Å². The van der Waals surface area contributed by atoms with Crippen LogP contribution in [0.3, 0.4) is 0 Å². The van der Waals surface area contributed by atoms with Crippen molar-refractivity contribution in [2.75, 3.05) is 11.9 Å². The van der Waals surface area contributed by atoms with Gasteiger partial charge < -0.3 is 14.5 Å². The quantitative estimate of drug-likeness (QED) is 0.732. The van der Waals surface area contributed by atoms with E-state index >= 15 is 0 Å². The number of anilines is 1. The van der Waals surface area contributed by atoms with Crippen LogP contribution in [-0.2, 0) is 4.79 Å². The molecule has 0 saturated heterocycles. The van der Waals surface area contributed by atoms with Gasteiger partial charge in [-0.25, -0.2) is 9.18 Å². The van der Waals surface area contributed by atoms with Gasteiger partial charge in [-0.2, -0.15) is 0 Å². The van der Waals surface area contributed by atoms with Gasteiger partial charge in [0.1, 0.15) is 17.1 Å². The molecule has 0 aliphatic heterocycles. The van der Waals surface area contributed by atoms with Gasteiger partial charge in [0, 0.05) is 23.2 Å². The fourth-order valence-corrected chi connectivity index (χ4v) is 2.23. The van der Waals surface area contributed by atoms with E-state index in [1.54, 1.807) is 18.2 Å². The zero-order chi connectivity index (χ0) is 17.1. The molecule has 1 aromatic heterocycles. The summed E-state index contributed by atoms with van der Waals surface area (Å²) in [5.41, 5.74) is 0.260. The van der Waals surface area contributed by atoms with Crippen molar-refractivity contribution in [1.82, 2.24) is 0 Å². The molecule has 122 valence electrons. The standard InChI is InChI=1S/C17H11ClFNO4/c18-13-7-11(3-5-14(13)19)20-16(21)9-23-12-4-1-10-2-6-17(22)24-15(10)8-12/h1-8H,9H2,(H,20,21). The summed E-state index contributed by atoms with van der Waals surface area (Å²) >= 11 is 5.64. The first kappa shape index (κ1) is 16.0. The highest BCUT2D eigenvalue weighted by molar-refractivity contribution is 6.31. The highest BCUT2D eigenvalue weighted by Crippen LogP contribution is 2.21. The lowest BCUT2D eigenvalue weighted by molar-refractivity contribution is -0.118. The number of halogens is 2. The number of carbonyl (C=O) groups is 1. The van der Waals surface area contributed by atoms with Gasteiger partial charge in [0.2, 0.25) is 0 Å². The zero-order valence-corrected chi connectivity index (χ0v) is 13.0. The second-order valence-electron chi connectivity index (χ2n) is 4.92. The second-order valence-corrected chi connectivity index (χ2v) is 5.33. The Hall–Kier alpha value is -2.86. The molecule has 0 aliphatic carbocycles. The van der Waals surface area contributed by atoms with Crippen LogP contribution in [0.4, 0.5) is 10.1 Å². The number of ether oxygens (including phenoxy) is 1. The van der Waals surface area contributed by atoms with E-state index in [0.29, 0.717) is 17.0 Å². The molecule has 0 atom stereocenters. The molecule has 3 aromatic rings. The smallest absolute Gasteiger partial charge is 0.336 e. The van der Waals surface area contributed by atoms with Crippen molar-refractivity contribution in [1.29, 1.82) is 0 Å². The summed E-state index contributed by atoms with van der Waals surface area (Å²) in [6.45, 7) is -0.266. The minimum atomic E-state index is -0.566. The molecule has 3 rings (SSSR count). The molecule has 1 N–H and O–H groups in total. The van der Waals surface area contributed by atoms with Crippen LogP contribution in [-0.4, -0.2) is 12.5 Å². The van der Waals surface area contributed by atoms with Crippen molar-refractivity contribution >= 4 is 34.2 Å². The largest absolute Gasteiger partial charge is 0.484 e. The Labute approximate surface area is 140 Å². The SMILES string of the molecule is O=C(COc1ccc2ccc(=O)oc2c1)Nc1ccc(F)c(Cl)c1. The summed E-state index contributed by atoms with van der Waals surface area (Å²) in [5.74, 6) is -0.625. The molecular formula is C17H11ClFNO4. The predicted octanol–water partition coefficient (Wildman–Crippen LogP) is 3.60.